The molecule has 1 N–H and O–H groups in total. The Morgan fingerprint density at radius 2 is 1.95 bits per heavy atom. The van der Waals surface area contributed by atoms with Gasteiger partial charge in [0.25, 0.3) is 0 Å². The number of hydrogen-bond donors (Lipinski definition) is 1. The molecule has 19 heavy (non-hydrogen) atoms. The van der Waals surface area contributed by atoms with Crippen molar-refractivity contribution in [2.24, 2.45) is 0 Å². The third-order valence-electron chi connectivity index (χ3n) is 2.89. The second kappa shape index (κ2) is 6.17. The van der Waals surface area contributed by atoms with Crippen LogP contribution in [0, 0.1) is 6.92 Å². The molecule has 0 fully saturated rings. The van der Waals surface area contributed by atoms with Crippen LogP contribution in [0.25, 0.3) is 11.4 Å². The van der Waals surface area contributed by atoms with Crippen LogP contribution in [0.15, 0.2) is 35.4 Å². The van der Waals surface area contributed by atoms with Gasteiger partial charge in [0.15, 0.2) is 5.82 Å². The highest BCUT2D eigenvalue weighted by molar-refractivity contribution is 7.99. The molecule has 1 aromatic carbocycles. The van der Waals surface area contributed by atoms with Crippen molar-refractivity contribution >= 4 is 11.8 Å². The molecular weight excluding hydrogens is 256 g/mol. The zero-order valence-corrected chi connectivity index (χ0v) is 12.2. The molecule has 0 saturated heterocycles. The fourth-order valence-corrected chi connectivity index (χ4v) is 2.55. The quantitative estimate of drug-likeness (QED) is 0.865. The maximum absolute atomic E-state index is 9.58. The largest absolute Gasteiger partial charge is 0.389 e. The number of rotatable bonds is 4. The van der Waals surface area contributed by atoms with Crippen LogP contribution in [-0.2, 0) is 0 Å². The molecule has 0 aliphatic rings. The second-order valence-electron chi connectivity index (χ2n) is 4.37. The first-order chi connectivity index (χ1) is 9.11. The van der Waals surface area contributed by atoms with E-state index in [4.69, 9.17) is 0 Å². The first-order valence-electron chi connectivity index (χ1n) is 6.36. The maximum Gasteiger partial charge on any atom is 0.159 e. The number of aliphatic hydroxyl groups is 1. The van der Waals surface area contributed by atoms with Crippen molar-refractivity contribution in [3.63, 3.8) is 0 Å². The van der Waals surface area contributed by atoms with Crippen LogP contribution in [0.3, 0.4) is 0 Å². The number of hydrogen-bond acceptors (Lipinski definition) is 4. The summed E-state index contributed by atoms with van der Waals surface area (Å²) in [5.41, 5.74) is 2.61. The molecule has 0 aliphatic carbocycles. The summed E-state index contributed by atoms with van der Waals surface area (Å²) in [6.45, 7) is 5.76. The molecule has 100 valence electrons. The van der Waals surface area contributed by atoms with E-state index in [1.165, 1.54) is 4.90 Å². The molecule has 1 atom stereocenters. The van der Waals surface area contributed by atoms with Gasteiger partial charge in [-0.1, -0.05) is 19.1 Å². The van der Waals surface area contributed by atoms with Gasteiger partial charge in [0.2, 0.25) is 0 Å². The highest BCUT2D eigenvalue weighted by atomic mass is 32.2. The lowest BCUT2D eigenvalue weighted by Crippen LogP contribution is -2.01. The molecule has 0 spiro atoms. The van der Waals surface area contributed by atoms with E-state index in [1.54, 1.807) is 13.1 Å². The van der Waals surface area contributed by atoms with Crippen LogP contribution in [0.2, 0.25) is 0 Å². The van der Waals surface area contributed by atoms with Crippen molar-refractivity contribution < 1.29 is 5.11 Å². The lowest BCUT2D eigenvalue weighted by Gasteiger charge is -2.09. The van der Waals surface area contributed by atoms with Gasteiger partial charge in [-0.25, -0.2) is 9.97 Å². The number of nitrogens with zero attached hydrogens (tertiary/aromatic N) is 2. The van der Waals surface area contributed by atoms with Gasteiger partial charge in [0, 0.05) is 27.9 Å². The van der Waals surface area contributed by atoms with E-state index in [1.807, 2.05) is 30.8 Å². The molecule has 0 amide bonds. The lowest BCUT2D eigenvalue weighted by molar-refractivity contribution is 0.197. The Balaban J connectivity index is 2.29. The number of aliphatic hydroxyl groups excluding tert-OH is 1. The van der Waals surface area contributed by atoms with E-state index in [9.17, 15) is 5.11 Å². The average Bonchev–Trinajstić information content (AvgIpc) is 2.39. The van der Waals surface area contributed by atoms with Crippen molar-refractivity contribution in [2.75, 3.05) is 5.75 Å². The highest BCUT2D eigenvalue weighted by Crippen LogP contribution is 2.23. The molecule has 1 aromatic heterocycles. The Bertz CT molecular complexity index is 553. The van der Waals surface area contributed by atoms with Crippen LogP contribution in [0.5, 0.6) is 0 Å². The van der Waals surface area contributed by atoms with E-state index in [2.05, 4.69) is 29.0 Å². The average molecular weight is 274 g/mol. The number of benzene rings is 1. The van der Waals surface area contributed by atoms with E-state index >= 15 is 0 Å². The summed E-state index contributed by atoms with van der Waals surface area (Å²) in [7, 11) is 0. The minimum Gasteiger partial charge on any atom is -0.389 e. The molecule has 0 saturated carbocycles. The monoisotopic (exact) mass is 274 g/mol. The molecule has 0 aliphatic heterocycles. The topological polar surface area (TPSA) is 46.0 Å². The normalized spacial score (nSPS) is 12.4. The Kier molecular flexibility index (Phi) is 4.56. The standard InChI is InChI=1S/C15H18N2OS/c1-4-19-13-7-5-12(6-8-13)15-16-9-14(11(3)18)10(2)17-15/h5-9,11,18H,4H2,1-3H3. The first-order valence-corrected chi connectivity index (χ1v) is 7.35. The predicted octanol–water partition coefficient (Wildman–Crippen LogP) is 3.62. The van der Waals surface area contributed by atoms with E-state index in [0.717, 1.165) is 22.6 Å². The third kappa shape index (κ3) is 3.33. The second-order valence-corrected chi connectivity index (χ2v) is 5.71. The van der Waals surface area contributed by atoms with Crippen molar-refractivity contribution in [1.29, 1.82) is 0 Å². The number of aryl methyl sites for hydroxylation is 1. The molecule has 1 unspecified atom stereocenters. The number of aromatic nitrogens is 2. The zero-order chi connectivity index (χ0) is 13.8. The molecule has 0 radical (unpaired) electrons. The van der Waals surface area contributed by atoms with E-state index in [-0.39, 0.29) is 0 Å². The Hall–Kier alpha value is -1.39. The van der Waals surface area contributed by atoms with Gasteiger partial charge in [-0.2, -0.15) is 0 Å². The smallest absolute Gasteiger partial charge is 0.159 e. The third-order valence-corrected chi connectivity index (χ3v) is 3.79. The van der Waals surface area contributed by atoms with Crippen molar-refractivity contribution in [1.82, 2.24) is 9.97 Å². The minimum atomic E-state index is -0.530. The Labute approximate surface area is 118 Å². The summed E-state index contributed by atoms with van der Waals surface area (Å²) in [5.74, 6) is 1.77. The molecule has 1 heterocycles. The lowest BCUT2D eigenvalue weighted by atomic mass is 10.1. The van der Waals surface area contributed by atoms with Crippen LogP contribution in [-0.4, -0.2) is 20.8 Å². The van der Waals surface area contributed by atoms with Crippen LogP contribution in [0.4, 0.5) is 0 Å². The summed E-state index contributed by atoms with van der Waals surface area (Å²) >= 11 is 1.81. The summed E-state index contributed by atoms with van der Waals surface area (Å²) in [5, 5.41) is 9.58. The first kappa shape index (κ1) is 14.0. The van der Waals surface area contributed by atoms with E-state index in [0.29, 0.717) is 5.82 Å². The molecule has 2 rings (SSSR count). The van der Waals surface area contributed by atoms with Gasteiger partial charge < -0.3 is 5.11 Å². The van der Waals surface area contributed by atoms with Gasteiger partial charge >= 0.3 is 0 Å². The Morgan fingerprint density at radius 1 is 1.26 bits per heavy atom. The highest BCUT2D eigenvalue weighted by Gasteiger charge is 2.09. The summed E-state index contributed by atoms with van der Waals surface area (Å²) in [6.07, 6.45) is 1.18. The predicted molar refractivity (Wildman–Crippen MR) is 79.2 cm³/mol. The van der Waals surface area contributed by atoms with Gasteiger partial charge in [-0.3, -0.25) is 0 Å². The minimum absolute atomic E-state index is 0.530. The molecule has 4 heteroatoms. The van der Waals surface area contributed by atoms with Gasteiger partial charge in [0.1, 0.15) is 0 Å². The molecule has 2 aromatic rings. The van der Waals surface area contributed by atoms with Crippen molar-refractivity contribution in [3.05, 3.63) is 41.7 Å². The van der Waals surface area contributed by atoms with Crippen LogP contribution in [0.1, 0.15) is 31.2 Å². The molecule has 0 bridgehead atoms. The van der Waals surface area contributed by atoms with Crippen LogP contribution < -0.4 is 0 Å². The molecule has 3 nitrogen and oxygen atoms in total. The SMILES string of the molecule is CCSc1ccc(-c2ncc(C(C)O)c(C)n2)cc1. The van der Waals surface area contributed by atoms with Gasteiger partial charge in [-0.15, -0.1) is 11.8 Å². The fraction of sp³-hybridized carbons (Fsp3) is 0.333. The maximum atomic E-state index is 9.58. The van der Waals surface area contributed by atoms with Crippen LogP contribution >= 0.6 is 11.8 Å². The summed E-state index contributed by atoms with van der Waals surface area (Å²) in [4.78, 5) is 10.0. The zero-order valence-electron chi connectivity index (χ0n) is 11.4. The summed E-state index contributed by atoms with van der Waals surface area (Å²) < 4.78 is 0. The summed E-state index contributed by atoms with van der Waals surface area (Å²) in [6, 6.07) is 8.25. The fourth-order valence-electron chi connectivity index (χ4n) is 1.89. The number of thioether (sulfide) groups is 1. The van der Waals surface area contributed by atoms with Crippen molar-refractivity contribution in [2.45, 2.75) is 31.8 Å². The van der Waals surface area contributed by atoms with Gasteiger partial charge in [-0.05, 0) is 31.7 Å². The Morgan fingerprint density at radius 3 is 2.47 bits per heavy atom. The molecular formula is C15H18N2OS. The van der Waals surface area contributed by atoms with Gasteiger partial charge in [0.05, 0.1) is 6.10 Å². The van der Waals surface area contributed by atoms with E-state index < -0.39 is 6.10 Å². The van der Waals surface area contributed by atoms with Crippen molar-refractivity contribution in [3.8, 4) is 11.4 Å².